The Labute approximate surface area is 310 Å². The molecule has 1 fully saturated rings. The van der Waals surface area contributed by atoms with E-state index in [0.29, 0.717) is 41.1 Å². The van der Waals surface area contributed by atoms with Crippen molar-refractivity contribution in [3.63, 3.8) is 0 Å². The first-order valence-electron chi connectivity index (χ1n) is 17.0. The first kappa shape index (κ1) is 38.7. The molecule has 0 radical (unpaired) electrons. The fraction of sp³-hybridized carbons (Fsp3) is 0.256. The van der Waals surface area contributed by atoms with Crippen LogP contribution in [0.3, 0.4) is 0 Å². The maximum Gasteiger partial charge on any atom is 0.314 e. The Balaban J connectivity index is 0.00000101. The number of hydrogen-bond donors (Lipinski definition) is 2. The highest BCUT2D eigenvalue weighted by Crippen LogP contribution is 2.25. The Morgan fingerprint density at radius 2 is 1.64 bits per heavy atom. The van der Waals surface area contributed by atoms with Gasteiger partial charge in [0.1, 0.15) is 0 Å². The molecule has 1 saturated heterocycles. The molecule has 3 heterocycles. The van der Waals surface area contributed by atoms with Gasteiger partial charge in [-0.05, 0) is 66.1 Å². The number of pyridine rings is 1. The molecule has 13 nitrogen and oxygen atoms in total. The van der Waals surface area contributed by atoms with Crippen LogP contribution in [0.2, 0.25) is 0 Å². The SMILES string of the molecule is CS(=O)(=O)[O-].Cc1ccc(NC(=O)c2ccc(CN3CC[N+](C)(COC(=O)Cc4ccccc4)CC3)cc2)cc1Nc1nccc(-c2cccnc2)n1. The monoisotopic (exact) mass is 737 g/mol. The van der Waals surface area contributed by atoms with Gasteiger partial charge in [-0.1, -0.05) is 48.5 Å². The molecule has 2 aromatic heterocycles. The number of nitrogens with one attached hydrogen (secondary N) is 2. The van der Waals surface area contributed by atoms with Gasteiger partial charge in [0.15, 0.2) is 0 Å². The maximum atomic E-state index is 13.1. The average Bonchev–Trinajstić information content (AvgIpc) is 3.14. The number of likely N-dealkylation sites (N-methyl/N-ethyl adjacent to an activating group) is 1. The summed E-state index contributed by atoms with van der Waals surface area (Å²) < 4.78 is 33.6. The molecule has 0 aliphatic carbocycles. The van der Waals surface area contributed by atoms with Gasteiger partial charge in [0.2, 0.25) is 12.7 Å². The summed E-state index contributed by atoms with van der Waals surface area (Å²) in [4.78, 5) is 41.1. The van der Waals surface area contributed by atoms with Crippen LogP contribution in [0.4, 0.5) is 17.3 Å². The van der Waals surface area contributed by atoms with Crippen molar-refractivity contribution < 1.29 is 31.8 Å². The Morgan fingerprint density at radius 1 is 0.925 bits per heavy atom. The van der Waals surface area contributed by atoms with E-state index in [1.807, 2.05) is 97.9 Å². The first-order valence-corrected chi connectivity index (χ1v) is 18.8. The number of anilines is 3. The molecule has 276 valence electrons. The number of amides is 1. The maximum absolute atomic E-state index is 13.1. The number of piperazine rings is 1. The van der Waals surface area contributed by atoms with Crippen molar-refractivity contribution in [1.82, 2.24) is 19.9 Å². The Morgan fingerprint density at radius 3 is 2.32 bits per heavy atom. The van der Waals surface area contributed by atoms with E-state index < -0.39 is 10.1 Å². The van der Waals surface area contributed by atoms with Gasteiger partial charge in [0, 0.05) is 67.0 Å². The molecule has 0 atom stereocenters. The molecule has 2 N–H and O–H groups in total. The summed E-state index contributed by atoms with van der Waals surface area (Å²) in [6.45, 7) is 6.77. The van der Waals surface area contributed by atoms with Crippen LogP contribution in [-0.2, 0) is 32.6 Å². The highest BCUT2D eigenvalue weighted by molar-refractivity contribution is 7.84. The Hall–Kier alpha value is -5.54. The number of ether oxygens (including phenoxy) is 1. The summed E-state index contributed by atoms with van der Waals surface area (Å²) >= 11 is 0. The predicted octanol–water partition coefficient (Wildman–Crippen LogP) is 5.01. The third-order valence-electron chi connectivity index (χ3n) is 8.62. The van der Waals surface area contributed by atoms with Crippen molar-refractivity contribution in [2.75, 3.05) is 56.8 Å². The number of rotatable bonds is 11. The zero-order chi connectivity index (χ0) is 37.8. The van der Waals surface area contributed by atoms with Gasteiger partial charge >= 0.3 is 5.97 Å². The highest BCUT2D eigenvalue weighted by Gasteiger charge is 2.30. The first-order chi connectivity index (χ1) is 25.3. The van der Waals surface area contributed by atoms with Gasteiger partial charge in [-0.2, -0.15) is 0 Å². The van der Waals surface area contributed by atoms with Gasteiger partial charge in [-0.15, -0.1) is 0 Å². The highest BCUT2D eigenvalue weighted by atomic mass is 32.2. The van der Waals surface area contributed by atoms with E-state index in [1.54, 1.807) is 18.6 Å². The lowest BCUT2D eigenvalue weighted by Crippen LogP contribution is -2.58. The van der Waals surface area contributed by atoms with Crippen molar-refractivity contribution in [2.45, 2.75) is 19.9 Å². The predicted molar refractivity (Wildman–Crippen MR) is 202 cm³/mol. The number of benzene rings is 3. The van der Waals surface area contributed by atoms with Crippen LogP contribution in [-0.4, -0.2) is 95.4 Å². The average molecular weight is 738 g/mol. The molecule has 1 aliphatic rings. The van der Waals surface area contributed by atoms with Crippen LogP contribution in [0.25, 0.3) is 11.3 Å². The molecule has 6 rings (SSSR count). The second kappa shape index (κ2) is 17.8. The normalized spacial score (nSPS) is 14.0. The molecule has 5 aromatic rings. The van der Waals surface area contributed by atoms with Gasteiger partial charge in [-0.3, -0.25) is 24.0 Å². The van der Waals surface area contributed by atoms with Crippen molar-refractivity contribution in [3.05, 3.63) is 132 Å². The molecule has 0 saturated carbocycles. The number of nitrogens with zero attached hydrogens (tertiary/aromatic N) is 5. The second-order valence-electron chi connectivity index (χ2n) is 13.2. The Bertz CT molecular complexity index is 2080. The number of aryl methyl sites for hydroxylation is 1. The summed E-state index contributed by atoms with van der Waals surface area (Å²) in [5.74, 6) is 0.0845. The number of quaternary nitrogens is 1. The van der Waals surface area contributed by atoms with Crippen LogP contribution in [0.5, 0.6) is 0 Å². The van der Waals surface area contributed by atoms with Crippen molar-refractivity contribution in [2.24, 2.45) is 0 Å². The zero-order valence-electron chi connectivity index (χ0n) is 29.9. The summed E-state index contributed by atoms with van der Waals surface area (Å²) in [6.07, 6.45) is 6.09. The fourth-order valence-electron chi connectivity index (χ4n) is 5.59. The molecular formula is C39H43N7O6S. The molecule has 0 spiro atoms. The molecule has 1 aliphatic heterocycles. The topological polar surface area (TPSA) is 167 Å². The van der Waals surface area contributed by atoms with E-state index in [2.05, 4.69) is 37.5 Å². The number of carbonyl (C=O) groups is 2. The van der Waals surface area contributed by atoms with E-state index in [4.69, 9.17) is 17.7 Å². The molecule has 53 heavy (non-hydrogen) atoms. The number of carbonyl (C=O) groups excluding carboxylic acids is 2. The number of aromatic nitrogens is 3. The van der Waals surface area contributed by atoms with Crippen LogP contribution in [0.1, 0.15) is 27.0 Å². The standard InChI is InChI=1S/C38H39N7O3.CH4O3S/c1-28-10-15-33(24-35(28)43-38-40-18-16-34(42-38)32-9-6-17-39-25-32)41-37(47)31-13-11-30(12-14-31)26-44-19-21-45(2,22-20-44)27-48-36(46)23-29-7-4-3-5-8-29;1-5(2,3)4/h3-18,24-25H,19-23,26-27H2,1-2H3,(H-,40,41,42,43,47);1H3,(H,2,3,4). The minimum Gasteiger partial charge on any atom is -0.748 e. The van der Waals surface area contributed by atoms with Gasteiger partial charge < -0.3 is 19.9 Å². The quantitative estimate of drug-likeness (QED) is 0.106. The molecule has 0 bridgehead atoms. The molecule has 0 unspecified atom stereocenters. The van der Waals surface area contributed by atoms with Crippen LogP contribution >= 0.6 is 0 Å². The van der Waals surface area contributed by atoms with Crippen molar-refractivity contribution >= 4 is 39.3 Å². The zero-order valence-corrected chi connectivity index (χ0v) is 30.8. The molecule has 3 aromatic carbocycles. The minimum absolute atomic E-state index is 0.181. The van der Waals surface area contributed by atoms with E-state index in [1.165, 1.54) is 0 Å². The number of hydrogen-bond acceptors (Lipinski definition) is 11. The van der Waals surface area contributed by atoms with Crippen LogP contribution in [0, 0.1) is 6.92 Å². The smallest absolute Gasteiger partial charge is 0.314 e. The third-order valence-corrected chi connectivity index (χ3v) is 8.62. The van der Waals surface area contributed by atoms with Gasteiger partial charge in [-0.25, -0.2) is 18.4 Å². The third kappa shape index (κ3) is 12.6. The Kier molecular flexibility index (Phi) is 13.0. The van der Waals surface area contributed by atoms with E-state index in [9.17, 15) is 9.59 Å². The second-order valence-corrected chi connectivity index (χ2v) is 14.6. The molecule has 14 heteroatoms. The van der Waals surface area contributed by atoms with E-state index in [-0.39, 0.29) is 11.9 Å². The molecule has 1 amide bonds. The lowest BCUT2D eigenvalue weighted by Gasteiger charge is -2.41. The summed E-state index contributed by atoms with van der Waals surface area (Å²) in [7, 11) is -1.78. The lowest BCUT2D eigenvalue weighted by molar-refractivity contribution is -0.929. The minimum atomic E-state index is -3.92. The molecular weight excluding hydrogens is 695 g/mol. The largest absolute Gasteiger partial charge is 0.748 e. The van der Waals surface area contributed by atoms with Crippen LogP contribution in [0.15, 0.2) is 110 Å². The van der Waals surface area contributed by atoms with Crippen molar-refractivity contribution in [3.8, 4) is 11.3 Å². The number of esters is 1. The fourth-order valence-corrected chi connectivity index (χ4v) is 5.59. The van der Waals surface area contributed by atoms with Gasteiger partial charge in [0.25, 0.3) is 5.91 Å². The summed E-state index contributed by atoms with van der Waals surface area (Å²) in [5.41, 5.74) is 6.82. The van der Waals surface area contributed by atoms with Crippen LogP contribution < -0.4 is 10.6 Å². The van der Waals surface area contributed by atoms with E-state index in [0.717, 1.165) is 66.4 Å². The summed E-state index contributed by atoms with van der Waals surface area (Å²) in [5, 5.41) is 6.30. The van der Waals surface area contributed by atoms with Crippen molar-refractivity contribution in [1.29, 1.82) is 0 Å². The lowest BCUT2D eigenvalue weighted by atomic mass is 10.1. The summed E-state index contributed by atoms with van der Waals surface area (Å²) in [6, 6.07) is 28.8. The van der Waals surface area contributed by atoms with E-state index >= 15 is 0 Å². The van der Waals surface area contributed by atoms with Gasteiger partial charge in [0.05, 0.1) is 42.4 Å².